The molecule has 2 aromatic carbocycles. The summed E-state index contributed by atoms with van der Waals surface area (Å²) in [6, 6.07) is 11.8. The number of hydrogen-bond acceptors (Lipinski definition) is 0. The van der Waals surface area contributed by atoms with Crippen molar-refractivity contribution in [1.82, 2.24) is 0 Å². The van der Waals surface area contributed by atoms with Gasteiger partial charge in [0, 0.05) is 18.6 Å². The van der Waals surface area contributed by atoms with E-state index in [0.29, 0.717) is 0 Å². The predicted molar refractivity (Wildman–Crippen MR) is 62.0 cm³/mol. The highest BCUT2D eigenvalue weighted by Gasteiger charge is 1.90. The van der Waals surface area contributed by atoms with Crippen LogP contribution < -0.4 is 0 Å². The standard InChI is InChI=1S/C14H8F2.C/c15-13-7-3-11(4-8-13)1-2-12-5-9-14(16)10-6-12;/h3-10H;. The van der Waals surface area contributed by atoms with Crippen molar-refractivity contribution in [1.29, 1.82) is 0 Å². The number of benzene rings is 2. The maximum atomic E-state index is 12.6. The summed E-state index contributed by atoms with van der Waals surface area (Å²) in [5.41, 5.74) is 1.46. The molecule has 0 aliphatic carbocycles. The first kappa shape index (κ1) is 12.9. The van der Waals surface area contributed by atoms with E-state index in [9.17, 15) is 8.78 Å². The molecular formula is C15H8F2. The Labute approximate surface area is 99.9 Å². The second kappa shape index (κ2) is 5.81. The summed E-state index contributed by atoms with van der Waals surface area (Å²) in [6.07, 6.45) is 0. The minimum absolute atomic E-state index is 0. The first-order valence-corrected chi connectivity index (χ1v) is 4.77. The lowest BCUT2D eigenvalue weighted by Crippen LogP contribution is -1.78. The third-order valence-electron chi connectivity index (χ3n) is 2.04. The molecule has 0 bridgehead atoms. The van der Waals surface area contributed by atoms with E-state index < -0.39 is 0 Å². The van der Waals surface area contributed by atoms with Crippen LogP contribution in [0.4, 0.5) is 8.78 Å². The van der Waals surface area contributed by atoms with Crippen LogP contribution in [0.25, 0.3) is 0 Å². The maximum Gasteiger partial charge on any atom is 0.123 e. The van der Waals surface area contributed by atoms with Crippen molar-refractivity contribution in [2.45, 2.75) is 0 Å². The van der Waals surface area contributed by atoms with Gasteiger partial charge in [-0.15, -0.1) is 0 Å². The van der Waals surface area contributed by atoms with Crippen LogP contribution >= 0.6 is 0 Å². The molecule has 0 nitrogen and oxygen atoms in total. The van der Waals surface area contributed by atoms with Crippen molar-refractivity contribution in [3.63, 3.8) is 0 Å². The Bertz CT molecular complexity index is 478. The highest BCUT2D eigenvalue weighted by Crippen LogP contribution is 2.03. The fraction of sp³-hybridized carbons (Fsp3) is 0. The van der Waals surface area contributed by atoms with Gasteiger partial charge in [0.05, 0.1) is 0 Å². The van der Waals surface area contributed by atoms with Crippen molar-refractivity contribution < 1.29 is 8.78 Å². The minimum atomic E-state index is -0.285. The summed E-state index contributed by atoms with van der Waals surface area (Å²) < 4.78 is 25.2. The molecule has 0 aromatic heterocycles. The minimum Gasteiger partial charge on any atom is -0.207 e. The first-order valence-electron chi connectivity index (χ1n) is 4.77. The lowest BCUT2D eigenvalue weighted by Gasteiger charge is -1.91. The van der Waals surface area contributed by atoms with Gasteiger partial charge < -0.3 is 0 Å². The lowest BCUT2D eigenvalue weighted by atomic mass is 10.2. The molecule has 0 saturated heterocycles. The summed E-state index contributed by atoms with van der Waals surface area (Å²) >= 11 is 0. The average Bonchev–Trinajstić information content (AvgIpc) is 2.30. The van der Waals surface area contributed by atoms with E-state index in [1.54, 1.807) is 24.3 Å². The average molecular weight is 226 g/mol. The van der Waals surface area contributed by atoms with Crippen molar-refractivity contribution in [3.05, 3.63) is 78.7 Å². The molecule has 0 unspecified atom stereocenters. The first-order chi connectivity index (χ1) is 7.74. The Balaban J connectivity index is 0.00000144. The molecule has 0 heterocycles. The summed E-state index contributed by atoms with van der Waals surface area (Å²) in [5.74, 6) is 5.17. The number of hydrogen-bond donors (Lipinski definition) is 0. The van der Waals surface area contributed by atoms with Crippen molar-refractivity contribution >= 4 is 0 Å². The van der Waals surface area contributed by atoms with Gasteiger partial charge in [0.1, 0.15) is 11.6 Å². The fourth-order valence-corrected chi connectivity index (χ4v) is 1.21. The van der Waals surface area contributed by atoms with Crippen molar-refractivity contribution in [3.8, 4) is 11.8 Å². The molecule has 0 aliphatic heterocycles. The van der Waals surface area contributed by atoms with Crippen LogP contribution in [-0.4, -0.2) is 0 Å². The Morgan fingerprint density at radius 2 is 0.882 bits per heavy atom. The van der Waals surface area contributed by atoms with Crippen LogP contribution in [0.2, 0.25) is 0 Å². The van der Waals surface area contributed by atoms with E-state index in [-0.39, 0.29) is 19.1 Å². The molecular weight excluding hydrogens is 218 g/mol. The third kappa shape index (κ3) is 3.73. The second-order valence-electron chi connectivity index (χ2n) is 3.26. The normalized spacial score (nSPS) is 8.82. The van der Waals surface area contributed by atoms with Gasteiger partial charge in [-0.1, -0.05) is 11.8 Å². The third-order valence-corrected chi connectivity index (χ3v) is 2.04. The zero-order valence-electron chi connectivity index (χ0n) is 8.87. The molecule has 0 N–H and O–H groups in total. The largest absolute Gasteiger partial charge is 0.207 e. The van der Waals surface area contributed by atoms with E-state index in [4.69, 9.17) is 0 Å². The summed E-state index contributed by atoms with van der Waals surface area (Å²) in [7, 11) is 0. The zero-order chi connectivity index (χ0) is 11.4. The summed E-state index contributed by atoms with van der Waals surface area (Å²) in [6.45, 7) is 0. The van der Waals surface area contributed by atoms with Crippen LogP contribution in [0.3, 0.4) is 0 Å². The van der Waals surface area contributed by atoms with E-state index in [0.717, 1.165) is 11.1 Å². The van der Waals surface area contributed by atoms with Crippen LogP contribution in [0.5, 0.6) is 0 Å². The molecule has 0 atom stereocenters. The van der Waals surface area contributed by atoms with Gasteiger partial charge in [0.25, 0.3) is 0 Å². The maximum absolute atomic E-state index is 12.6. The van der Waals surface area contributed by atoms with E-state index >= 15 is 0 Å². The monoisotopic (exact) mass is 226 g/mol. The molecule has 2 heteroatoms. The van der Waals surface area contributed by atoms with Gasteiger partial charge >= 0.3 is 0 Å². The van der Waals surface area contributed by atoms with Gasteiger partial charge in [0.15, 0.2) is 0 Å². The zero-order valence-corrected chi connectivity index (χ0v) is 8.87. The van der Waals surface area contributed by atoms with Crippen LogP contribution in [-0.2, 0) is 0 Å². The van der Waals surface area contributed by atoms with Crippen molar-refractivity contribution in [2.24, 2.45) is 0 Å². The fourth-order valence-electron chi connectivity index (χ4n) is 1.21. The summed E-state index contributed by atoms with van der Waals surface area (Å²) in [5, 5.41) is 0. The molecule has 0 amide bonds. The van der Waals surface area contributed by atoms with Crippen molar-refractivity contribution in [2.75, 3.05) is 0 Å². The molecule has 0 saturated carbocycles. The van der Waals surface area contributed by atoms with Gasteiger partial charge in [0.2, 0.25) is 0 Å². The predicted octanol–water partition coefficient (Wildman–Crippen LogP) is 3.45. The van der Waals surface area contributed by atoms with Gasteiger partial charge in [-0.05, 0) is 48.5 Å². The van der Waals surface area contributed by atoms with Gasteiger partial charge in [-0.25, -0.2) is 8.78 Å². The van der Waals surface area contributed by atoms with Gasteiger partial charge in [-0.2, -0.15) is 0 Å². The molecule has 4 radical (unpaired) electrons. The Hall–Kier alpha value is -2.14. The lowest BCUT2D eigenvalue weighted by molar-refractivity contribution is 0.627. The topological polar surface area (TPSA) is 0 Å². The smallest absolute Gasteiger partial charge is 0.123 e. The van der Waals surface area contributed by atoms with E-state index in [1.165, 1.54) is 24.3 Å². The Morgan fingerprint density at radius 1 is 0.588 bits per heavy atom. The van der Waals surface area contributed by atoms with Crippen LogP contribution in [0.15, 0.2) is 48.5 Å². The molecule has 82 valence electrons. The van der Waals surface area contributed by atoms with Crippen LogP contribution in [0.1, 0.15) is 11.1 Å². The second-order valence-corrected chi connectivity index (χ2v) is 3.26. The molecule has 0 fully saturated rings. The van der Waals surface area contributed by atoms with Crippen LogP contribution in [0, 0.1) is 30.9 Å². The Kier molecular flexibility index (Phi) is 4.42. The highest BCUT2D eigenvalue weighted by atomic mass is 19.1. The quantitative estimate of drug-likeness (QED) is 0.603. The molecule has 2 aromatic rings. The SMILES string of the molecule is Fc1ccc(C#Cc2ccc(F)cc2)cc1.[C]. The highest BCUT2D eigenvalue weighted by molar-refractivity contribution is 5.42. The molecule has 0 spiro atoms. The molecule has 2 rings (SSSR count). The molecule has 0 aliphatic rings. The number of halogens is 2. The van der Waals surface area contributed by atoms with E-state index in [1.807, 2.05) is 0 Å². The Morgan fingerprint density at radius 3 is 1.18 bits per heavy atom. The summed E-state index contributed by atoms with van der Waals surface area (Å²) in [4.78, 5) is 0. The van der Waals surface area contributed by atoms with E-state index in [2.05, 4.69) is 11.8 Å². The number of rotatable bonds is 0. The van der Waals surface area contributed by atoms with Gasteiger partial charge in [-0.3, -0.25) is 0 Å². The molecule has 17 heavy (non-hydrogen) atoms.